The highest BCUT2D eigenvalue weighted by molar-refractivity contribution is 9.10. The molecule has 0 aromatic heterocycles. The number of imide groups is 1. The molecule has 3 aromatic carbocycles. The zero-order chi connectivity index (χ0) is 29.1. The quantitative estimate of drug-likeness (QED) is 0.264. The number of amides is 2. The van der Waals surface area contributed by atoms with Gasteiger partial charge in [-0.25, -0.2) is 4.90 Å². The molecule has 0 aliphatic carbocycles. The molecule has 4 atom stereocenters. The number of allylic oxidation sites excluding steroid dienone is 2. The Kier molecular flexibility index (Phi) is 6.53. The Morgan fingerprint density at radius 3 is 2.17 bits per heavy atom. The molecule has 3 aliphatic rings. The van der Waals surface area contributed by atoms with Crippen molar-refractivity contribution in [2.24, 2.45) is 11.8 Å². The van der Waals surface area contributed by atoms with Gasteiger partial charge in [0.05, 0.1) is 29.1 Å². The third-order valence-electron chi connectivity index (χ3n) is 7.68. The molecule has 0 spiro atoms. The molecule has 41 heavy (non-hydrogen) atoms. The van der Waals surface area contributed by atoms with Crippen LogP contribution in [0.3, 0.4) is 0 Å². The topological polar surface area (TPSA) is 74.8 Å². The molecule has 3 heterocycles. The van der Waals surface area contributed by atoms with Crippen molar-refractivity contribution in [1.29, 1.82) is 0 Å². The van der Waals surface area contributed by atoms with E-state index in [9.17, 15) is 32.3 Å². The van der Waals surface area contributed by atoms with Gasteiger partial charge in [0.1, 0.15) is 6.04 Å². The summed E-state index contributed by atoms with van der Waals surface area (Å²) < 4.78 is 41.1. The molecular weight excluding hydrogens is 601 g/mol. The lowest BCUT2D eigenvalue weighted by molar-refractivity contribution is -0.137. The predicted molar refractivity (Wildman–Crippen MR) is 147 cm³/mol. The number of halogens is 4. The second kappa shape index (κ2) is 9.95. The highest BCUT2D eigenvalue weighted by atomic mass is 79.9. The number of hydrogen-bond acceptors (Lipinski definition) is 5. The standard InChI is InChI=1S/C31H20BrF3N2O4/c32-21-11-9-18(10-12-21)28(39)26-25-24(23-15-19(13-14-36(23)26)27(38)17-5-2-1-3-6-17)29(40)37(30(25)41)22-8-4-7-20(16-22)31(33,34)35/h1-16,23-26H/t23-,24-,25+,26-/m1/s1. The Hall–Kier alpha value is -4.31. The van der Waals surface area contributed by atoms with Gasteiger partial charge in [-0.2, -0.15) is 13.2 Å². The van der Waals surface area contributed by atoms with E-state index in [4.69, 9.17) is 0 Å². The van der Waals surface area contributed by atoms with E-state index in [2.05, 4.69) is 15.9 Å². The average Bonchev–Trinajstić information content (AvgIpc) is 3.44. The van der Waals surface area contributed by atoms with E-state index in [0.29, 0.717) is 11.1 Å². The summed E-state index contributed by atoms with van der Waals surface area (Å²) in [5.41, 5.74) is -0.215. The number of fused-ring (bicyclic) bond motifs is 3. The summed E-state index contributed by atoms with van der Waals surface area (Å²) in [6.07, 6.45) is -0.00904. The van der Waals surface area contributed by atoms with Crippen LogP contribution in [-0.4, -0.2) is 40.4 Å². The maximum absolute atomic E-state index is 13.9. The number of anilines is 1. The Balaban J connectivity index is 1.43. The monoisotopic (exact) mass is 620 g/mol. The SMILES string of the molecule is O=C(C1=C[C@@H]2[C@H]3C(=O)N(c4cccc(C(F)(F)F)c4)C(=O)[C@@H]3[C@H](C(=O)c3ccc(Br)cc3)N2C=C1)c1ccccc1. The predicted octanol–water partition coefficient (Wildman–Crippen LogP) is 5.85. The first-order valence-corrected chi connectivity index (χ1v) is 13.5. The second-order valence-electron chi connectivity index (χ2n) is 10.00. The Labute approximate surface area is 240 Å². The molecule has 3 aromatic rings. The van der Waals surface area contributed by atoms with E-state index in [1.807, 2.05) is 0 Å². The van der Waals surface area contributed by atoms with Crippen molar-refractivity contribution in [3.05, 3.63) is 124 Å². The van der Waals surface area contributed by atoms with Crippen LogP contribution < -0.4 is 4.90 Å². The molecule has 10 heteroatoms. The third-order valence-corrected chi connectivity index (χ3v) is 8.20. The van der Waals surface area contributed by atoms with Crippen molar-refractivity contribution >= 4 is 45.0 Å². The lowest BCUT2D eigenvalue weighted by Crippen LogP contribution is -2.46. The maximum Gasteiger partial charge on any atom is 0.416 e. The number of rotatable bonds is 5. The normalized spacial score (nSPS) is 23.4. The molecule has 0 unspecified atom stereocenters. The van der Waals surface area contributed by atoms with Crippen molar-refractivity contribution in [2.45, 2.75) is 18.3 Å². The fourth-order valence-electron chi connectivity index (χ4n) is 5.81. The number of hydrogen-bond donors (Lipinski definition) is 0. The number of carbonyl (C=O) groups excluding carboxylic acids is 4. The Bertz CT molecular complexity index is 1650. The van der Waals surface area contributed by atoms with Gasteiger partial charge in [-0.05, 0) is 36.4 Å². The number of ketones is 2. The minimum Gasteiger partial charge on any atom is -0.359 e. The van der Waals surface area contributed by atoms with E-state index in [1.165, 1.54) is 6.07 Å². The molecular formula is C31H20BrF3N2O4. The van der Waals surface area contributed by atoms with Crippen LogP contribution in [0.5, 0.6) is 0 Å². The zero-order valence-electron chi connectivity index (χ0n) is 21.1. The lowest BCUT2D eigenvalue weighted by Gasteiger charge is -2.33. The number of Topliss-reactive ketones (excluding diaryl/α,β-unsaturated/α-hetero) is 2. The number of carbonyl (C=O) groups is 4. The van der Waals surface area contributed by atoms with Crippen LogP contribution in [0.2, 0.25) is 0 Å². The van der Waals surface area contributed by atoms with Gasteiger partial charge in [-0.15, -0.1) is 0 Å². The zero-order valence-corrected chi connectivity index (χ0v) is 22.7. The molecule has 2 fully saturated rings. The van der Waals surface area contributed by atoms with Crippen molar-refractivity contribution < 1.29 is 32.3 Å². The van der Waals surface area contributed by atoms with Gasteiger partial charge >= 0.3 is 6.18 Å². The van der Waals surface area contributed by atoms with E-state index in [0.717, 1.165) is 27.6 Å². The molecule has 6 rings (SSSR count). The molecule has 0 bridgehead atoms. The summed E-state index contributed by atoms with van der Waals surface area (Å²) in [7, 11) is 0. The van der Waals surface area contributed by atoms with Gasteiger partial charge in [0.2, 0.25) is 11.8 Å². The smallest absolute Gasteiger partial charge is 0.359 e. The number of nitrogens with zero attached hydrogens (tertiary/aromatic N) is 2. The van der Waals surface area contributed by atoms with Crippen molar-refractivity contribution in [2.75, 3.05) is 4.90 Å². The number of benzene rings is 3. The summed E-state index contributed by atoms with van der Waals surface area (Å²) in [4.78, 5) is 57.2. The van der Waals surface area contributed by atoms with Crippen LogP contribution >= 0.6 is 15.9 Å². The summed E-state index contributed by atoms with van der Waals surface area (Å²) in [5.74, 6) is -4.47. The highest BCUT2D eigenvalue weighted by Gasteiger charge is 2.63. The van der Waals surface area contributed by atoms with E-state index >= 15 is 0 Å². The van der Waals surface area contributed by atoms with Crippen molar-refractivity contribution in [3.8, 4) is 0 Å². The fraction of sp³-hybridized carbons (Fsp3) is 0.161. The average molecular weight is 621 g/mol. The van der Waals surface area contributed by atoms with Crippen LogP contribution in [0.4, 0.5) is 18.9 Å². The third kappa shape index (κ3) is 4.52. The summed E-state index contributed by atoms with van der Waals surface area (Å²) in [6, 6.07) is 17.1. The largest absolute Gasteiger partial charge is 0.416 e. The first-order valence-electron chi connectivity index (χ1n) is 12.7. The van der Waals surface area contributed by atoms with Gasteiger partial charge < -0.3 is 4.90 Å². The first-order chi connectivity index (χ1) is 19.6. The Morgan fingerprint density at radius 2 is 1.49 bits per heavy atom. The van der Waals surface area contributed by atoms with E-state index < -0.39 is 53.3 Å². The molecule has 2 saturated heterocycles. The number of alkyl halides is 3. The van der Waals surface area contributed by atoms with Crippen molar-refractivity contribution in [3.63, 3.8) is 0 Å². The van der Waals surface area contributed by atoms with Crippen molar-refractivity contribution in [1.82, 2.24) is 4.90 Å². The Morgan fingerprint density at radius 1 is 0.805 bits per heavy atom. The van der Waals surface area contributed by atoms with Gasteiger partial charge in [0, 0.05) is 27.4 Å². The van der Waals surface area contributed by atoms with Gasteiger partial charge in [0.25, 0.3) is 0 Å². The second-order valence-corrected chi connectivity index (χ2v) is 10.9. The van der Waals surface area contributed by atoms with Crippen LogP contribution in [0.15, 0.2) is 107 Å². The van der Waals surface area contributed by atoms with Gasteiger partial charge in [-0.1, -0.05) is 70.5 Å². The molecule has 206 valence electrons. The molecule has 3 aliphatic heterocycles. The van der Waals surface area contributed by atoms with Gasteiger partial charge in [0.15, 0.2) is 11.6 Å². The van der Waals surface area contributed by atoms with Crippen LogP contribution in [0, 0.1) is 11.8 Å². The van der Waals surface area contributed by atoms with Crippen LogP contribution in [0.25, 0.3) is 0 Å². The molecule has 6 nitrogen and oxygen atoms in total. The summed E-state index contributed by atoms with van der Waals surface area (Å²) >= 11 is 3.33. The molecule has 2 amide bonds. The van der Waals surface area contributed by atoms with Crippen LogP contribution in [0.1, 0.15) is 26.3 Å². The minimum atomic E-state index is -4.68. The fourth-order valence-corrected chi connectivity index (χ4v) is 6.08. The molecule has 0 N–H and O–H groups in total. The molecule has 0 saturated carbocycles. The highest BCUT2D eigenvalue weighted by Crippen LogP contribution is 2.47. The first kappa shape index (κ1) is 26.9. The minimum absolute atomic E-state index is 0.221. The summed E-state index contributed by atoms with van der Waals surface area (Å²) in [6.45, 7) is 0. The van der Waals surface area contributed by atoms with E-state index in [1.54, 1.807) is 77.8 Å². The summed E-state index contributed by atoms with van der Waals surface area (Å²) in [5, 5.41) is 0. The maximum atomic E-state index is 13.9. The lowest BCUT2D eigenvalue weighted by atomic mass is 9.85. The van der Waals surface area contributed by atoms with Gasteiger partial charge in [-0.3, -0.25) is 19.2 Å². The van der Waals surface area contributed by atoms with E-state index in [-0.39, 0.29) is 17.0 Å². The molecule has 0 radical (unpaired) electrons. The van der Waals surface area contributed by atoms with Crippen LogP contribution in [-0.2, 0) is 15.8 Å².